The standard InChI is InChI=1S/C19H34N6O6S/c20-8-2-1-4-11(21)16(27)24-13(10-32)18(29)25-9-3-5-14(25)17(28)23-12(19(30)31)6-7-15(22)26/h11-14,32H,1-10,20-21H2,(H2,22,26)(H,23,28)(H,24,27)(H,30,31). The van der Waals surface area contributed by atoms with E-state index in [0.717, 1.165) is 6.42 Å². The molecular formula is C19H34N6O6S. The van der Waals surface area contributed by atoms with Gasteiger partial charge in [0, 0.05) is 18.7 Å². The molecule has 182 valence electrons. The van der Waals surface area contributed by atoms with Crippen LogP contribution in [-0.4, -0.2) is 82.6 Å². The Labute approximate surface area is 192 Å². The first kappa shape index (κ1) is 27.7. The molecule has 13 heteroatoms. The minimum absolute atomic E-state index is 0.00128. The van der Waals surface area contributed by atoms with Crippen LogP contribution in [0.15, 0.2) is 0 Å². The quantitative estimate of drug-likeness (QED) is 0.107. The first-order valence-corrected chi connectivity index (χ1v) is 11.2. The molecule has 1 rings (SSSR count). The minimum Gasteiger partial charge on any atom is -0.480 e. The molecule has 0 radical (unpaired) electrons. The molecule has 9 N–H and O–H groups in total. The molecule has 32 heavy (non-hydrogen) atoms. The first-order valence-electron chi connectivity index (χ1n) is 10.6. The van der Waals surface area contributed by atoms with Gasteiger partial charge in [0.25, 0.3) is 0 Å². The minimum atomic E-state index is -1.31. The van der Waals surface area contributed by atoms with Gasteiger partial charge in [-0.05, 0) is 38.6 Å². The van der Waals surface area contributed by atoms with Gasteiger partial charge in [-0.15, -0.1) is 0 Å². The Morgan fingerprint density at radius 2 is 1.78 bits per heavy atom. The number of carboxylic acids is 1. The van der Waals surface area contributed by atoms with Crippen molar-refractivity contribution in [3.8, 4) is 0 Å². The second-order valence-electron chi connectivity index (χ2n) is 7.73. The molecule has 4 atom stereocenters. The molecule has 0 bridgehead atoms. The van der Waals surface area contributed by atoms with Crippen LogP contribution in [0.25, 0.3) is 0 Å². The third-order valence-electron chi connectivity index (χ3n) is 5.24. The fourth-order valence-corrected chi connectivity index (χ4v) is 3.67. The summed E-state index contributed by atoms with van der Waals surface area (Å²) in [6.45, 7) is 0.772. The maximum absolute atomic E-state index is 13.0. The third-order valence-corrected chi connectivity index (χ3v) is 5.60. The van der Waals surface area contributed by atoms with Crippen LogP contribution in [0.1, 0.15) is 44.9 Å². The average Bonchev–Trinajstić information content (AvgIpc) is 3.23. The van der Waals surface area contributed by atoms with Gasteiger partial charge in [-0.25, -0.2) is 4.79 Å². The smallest absolute Gasteiger partial charge is 0.326 e. The number of carbonyl (C=O) groups excluding carboxylic acids is 4. The van der Waals surface area contributed by atoms with Crippen LogP contribution in [0.5, 0.6) is 0 Å². The molecule has 0 aromatic heterocycles. The maximum Gasteiger partial charge on any atom is 0.326 e. The summed E-state index contributed by atoms with van der Waals surface area (Å²) in [5.41, 5.74) is 16.3. The Bertz CT molecular complexity index is 693. The van der Waals surface area contributed by atoms with Crippen molar-refractivity contribution in [3.63, 3.8) is 0 Å². The number of nitrogens with two attached hydrogens (primary N) is 3. The fourth-order valence-electron chi connectivity index (χ4n) is 3.42. The predicted molar refractivity (Wildman–Crippen MR) is 119 cm³/mol. The van der Waals surface area contributed by atoms with Gasteiger partial charge >= 0.3 is 5.97 Å². The number of nitrogens with zero attached hydrogens (tertiary/aromatic N) is 1. The molecule has 0 aromatic carbocycles. The van der Waals surface area contributed by atoms with E-state index in [1.165, 1.54) is 4.90 Å². The number of primary amides is 1. The van der Waals surface area contributed by atoms with Crippen molar-refractivity contribution in [2.24, 2.45) is 17.2 Å². The van der Waals surface area contributed by atoms with Gasteiger partial charge in [0.2, 0.25) is 23.6 Å². The van der Waals surface area contributed by atoms with Gasteiger partial charge in [0.15, 0.2) is 0 Å². The van der Waals surface area contributed by atoms with Crippen LogP contribution in [0, 0.1) is 0 Å². The van der Waals surface area contributed by atoms with Crippen molar-refractivity contribution < 1.29 is 29.1 Å². The van der Waals surface area contributed by atoms with Gasteiger partial charge in [0.1, 0.15) is 18.1 Å². The van der Waals surface area contributed by atoms with Crippen LogP contribution >= 0.6 is 12.6 Å². The largest absolute Gasteiger partial charge is 0.480 e. The van der Waals surface area contributed by atoms with E-state index in [2.05, 4.69) is 23.3 Å². The van der Waals surface area contributed by atoms with E-state index in [0.29, 0.717) is 32.2 Å². The van der Waals surface area contributed by atoms with Crippen molar-refractivity contribution in [3.05, 3.63) is 0 Å². The molecule has 1 fully saturated rings. The van der Waals surface area contributed by atoms with Gasteiger partial charge < -0.3 is 37.8 Å². The molecule has 1 saturated heterocycles. The van der Waals surface area contributed by atoms with Crippen molar-refractivity contribution in [1.29, 1.82) is 0 Å². The summed E-state index contributed by atoms with van der Waals surface area (Å²) in [7, 11) is 0. The maximum atomic E-state index is 13.0. The zero-order valence-electron chi connectivity index (χ0n) is 18.0. The highest BCUT2D eigenvalue weighted by atomic mass is 32.1. The highest BCUT2D eigenvalue weighted by Crippen LogP contribution is 2.19. The highest BCUT2D eigenvalue weighted by molar-refractivity contribution is 7.80. The van der Waals surface area contributed by atoms with E-state index in [-0.39, 0.29) is 25.1 Å². The zero-order chi connectivity index (χ0) is 24.3. The molecule has 1 heterocycles. The number of rotatable bonds is 14. The highest BCUT2D eigenvalue weighted by Gasteiger charge is 2.38. The normalized spacial score (nSPS) is 18.5. The van der Waals surface area contributed by atoms with Crippen molar-refractivity contribution >= 4 is 42.2 Å². The second-order valence-corrected chi connectivity index (χ2v) is 8.09. The average molecular weight is 475 g/mol. The third kappa shape index (κ3) is 8.63. The van der Waals surface area contributed by atoms with Gasteiger partial charge in [0.05, 0.1) is 6.04 Å². The van der Waals surface area contributed by atoms with E-state index in [9.17, 15) is 29.1 Å². The van der Waals surface area contributed by atoms with E-state index in [1.54, 1.807) is 0 Å². The number of aliphatic carboxylic acids is 1. The molecule has 0 aromatic rings. The molecule has 0 spiro atoms. The Balaban J connectivity index is 2.76. The van der Waals surface area contributed by atoms with Crippen LogP contribution < -0.4 is 27.8 Å². The molecule has 1 aliphatic rings. The lowest BCUT2D eigenvalue weighted by Gasteiger charge is -2.29. The lowest BCUT2D eigenvalue weighted by Crippen LogP contribution is -2.57. The Morgan fingerprint density at radius 1 is 1.09 bits per heavy atom. The van der Waals surface area contributed by atoms with E-state index in [1.807, 2.05) is 0 Å². The number of amides is 4. The molecule has 1 aliphatic heterocycles. The van der Waals surface area contributed by atoms with Crippen LogP contribution in [0.2, 0.25) is 0 Å². The fraction of sp³-hybridized carbons (Fsp3) is 0.737. The predicted octanol–water partition coefficient (Wildman–Crippen LogP) is -2.32. The summed E-state index contributed by atoms with van der Waals surface area (Å²) in [5.74, 6) is -3.62. The van der Waals surface area contributed by atoms with Crippen molar-refractivity contribution in [1.82, 2.24) is 15.5 Å². The van der Waals surface area contributed by atoms with Crippen LogP contribution in [0.3, 0.4) is 0 Å². The van der Waals surface area contributed by atoms with E-state index in [4.69, 9.17) is 17.2 Å². The SMILES string of the molecule is NCCCCC(N)C(=O)NC(CS)C(=O)N1CCCC1C(=O)NC(CCC(N)=O)C(=O)O. The molecule has 12 nitrogen and oxygen atoms in total. The number of unbranched alkanes of at least 4 members (excludes halogenated alkanes) is 1. The van der Waals surface area contributed by atoms with Gasteiger partial charge in [-0.3, -0.25) is 19.2 Å². The second kappa shape index (κ2) is 13.9. The number of nitrogens with one attached hydrogen (secondary N) is 2. The molecule has 4 unspecified atom stereocenters. The molecule has 0 aliphatic carbocycles. The molecule has 0 saturated carbocycles. The summed E-state index contributed by atoms with van der Waals surface area (Å²) in [5, 5.41) is 14.2. The zero-order valence-corrected chi connectivity index (χ0v) is 18.9. The van der Waals surface area contributed by atoms with E-state index >= 15 is 0 Å². The summed E-state index contributed by atoms with van der Waals surface area (Å²) in [4.78, 5) is 61.6. The Morgan fingerprint density at radius 3 is 2.34 bits per heavy atom. The van der Waals surface area contributed by atoms with Crippen LogP contribution in [-0.2, 0) is 24.0 Å². The number of hydrogen-bond donors (Lipinski definition) is 7. The monoisotopic (exact) mass is 474 g/mol. The number of thiol groups is 1. The lowest BCUT2D eigenvalue weighted by atomic mass is 10.1. The Kier molecular flexibility index (Phi) is 12.0. The van der Waals surface area contributed by atoms with Gasteiger partial charge in [-0.1, -0.05) is 6.42 Å². The number of carbonyl (C=O) groups is 5. The van der Waals surface area contributed by atoms with E-state index < -0.39 is 53.8 Å². The summed E-state index contributed by atoms with van der Waals surface area (Å²) < 4.78 is 0. The first-order chi connectivity index (χ1) is 15.1. The van der Waals surface area contributed by atoms with Crippen LogP contribution in [0.4, 0.5) is 0 Å². The van der Waals surface area contributed by atoms with Gasteiger partial charge in [-0.2, -0.15) is 12.6 Å². The van der Waals surface area contributed by atoms with Crippen molar-refractivity contribution in [2.75, 3.05) is 18.8 Å². The number of hydrogen-bond acceptors (Lipinski definition) is 8. The number of carboxylic acid groups (broad SMARTS) is 1. The summed E-state index contributed by atoms with van der Waals surface area (Å²) in [6.07, 6.45) is 2.35. The summed E-state index contributed by atoms with van der Waals surface area (Å²) in [6, 6.07) is -3.98. The van der Waals surface area contributed by atoms with Crippen molar-refractivity contribution in [2.45, 2.75) is 69.1 Å². The summed E-state index contributed by atoms with van der Waals surface area (Å²) >= 11 is 4.15. The number of likely N-dealkylation sites (tertiary alicyclic amines) is 1. The lowest BCUT2D eigenvalue weighted by molar-refractivity contribution is -0.145. The molecular weight excluding hydrogens is 440 g/mol. The topological polar surface area (TPSA) is 211 Å². The Hall–Kier alpha value is -2.38. The molecule has 4 amide bonds.